The molecule has 0 spiro atoms. The molecular weight excluding hydrogens is 274 g/mol. The molecule has 2 heterocycles. The lowest BCUT2D eigenvalue weighted by molar-refractivity contribution is 0.0992. The van der Waals surface area contributed by atoms with Crippen molar-refractivity contribution in [2.75, 3.05) is 13.6 Å². The molecule has 1 aliphatic carbocycles. The molecule has 0 radical (unpaired) electrons. The molecule has 2 aliphatic heterocycles. The first-order valence-corrected chi connectivity index (χ1v) is 8.51. The molecule has 0 saturated carbocycles. The highest BCUT2D eigenvalue weighted by molar-refractivity contribution is 5.80. The van der Waals surface area contributed by atoms with E-state index in [4.69, 9.17) is 4.74 Å². The van der Waals surface area contributed by atoms with E-state index in [-0.39, 0.29) is 0 Å². The van der Waals surface area contributed by atoms with Gasteiger partial charge in [-0.05, 0) is 49.1 Å². The summed E-state index contributed by atoms with van der Waals surface area (Å²) in [5, 5.41) is 7.07. The van der Waals surface area contributed by atoms with Crippen LogP contribution in [0.2, 0.25) is 0 Å². The van der Waals surface area contributed by atoms with Gasteiger partial charge in [0, 0.05) is 13.6 Å². The van der Waals surface area contributed by atoms with Gasteiger partial charge in [0.1, 0.15) is 0 Å². The molecule has 4 heteroatoms. The van der Waals surface area contributed by atoms with Crippen LogP contribution < -0.4 is 10.6 Å². The lowest BCUT2D eigenvalue weighted by Gasteiger charge is -2.23. The monoisotopic (exact) mass is 299 g/mol. The fourth-order valence-electron chi connectivity index (χ4n) is 4.20. The Hall–Kier alpha value is -1.55. The van der Waals surface area contributed by atoms with Crippen LogP contribution in [-0.2, 0) is 17.6 Å². The second-order valence-corrected chi connectivity index (χ2v) is 6.86. The van der Waals surface area contributed by atoms with Gasteiger partial charge in [-0.2, -0.15) is 0 Å². The first kappa shape index (κ1) is 14.1. The van der Waals surface area contributed by atoms with Crippen LogP contribution in [-0.4, -0.2) is 37.8 Å². The van der Waals surface area contributed by atoms with Crippen molar-refractivity contribution in [1.82, 2.24) is 10.6 Å². The second-order valence-electron chi connectivity index (χ2n) is 6.86. The van der Waals surface area contributed by atoms with Crippen LogP contribution >= 0.6 is 0 Å². The second kappa shape index (κ2) is 5.92. The summed E-state index contributed by atoms with van der Waals surface area (Å²) in [5.41, 5.74) is 3.03. The van der Waals surface area contributed by atoms with E-state index >= 15 is 0 Å². The van der Waals surface area contributed by atoms with Gasteiger partial charge in [0.05, 0.1) is 18.2 Å². The Morgan fingerprint density at radius 2 is 2.00 bits per heavy atom. The largest absolute Gasteiger partial charge is 0.373 e. The van der Waals surface area contributed by atoms with Crippen LogP contribution in [0.4, 0.5) is 0 Å². The highest BCUT2D eigenvalue weighted by Gasteiger charge is 2.41. The van der Waals surface area contributed by atoms with Gasteiger partial charge < -0.3 is 15.4 Å². The molecule has 0 amide bonds. The van der Waals surface area contributed by atoms with Crippen LogP contribution in [0.5, 0.6) is 0 Å². The number of aliphatic imine (C=N–C) groups is 1. The van der Waals surface area contributed by atoms with Crippen molar-refractivity contribution in [3.63, 3.8) is 0 Å². The van der Waals surface area contributed by atoms with E-state index in [2.05, 4.69) is 39.9 Å². The molecule has 3 atom stereocenters. The average molecular weight is 299 g/mol. The highest BCUT2D eigenvalue weighted by Crippen LogP contribution is 2.34. The zero-order valence-corrected chi connectivity index (χ0v) is 13.2. The van der Waals surface area contributed by atoms with Gasteiger partial charge in [0.25, 0.3) is 0 Å². The average Bonchev–Trinajstić information content (AvgIpc) is 3.25. The van der Waals surface area contributed by atoms with E-state index in [9.17, 15) is 0 Å². The van der Waals surface area contributed by atoms with Crippen LogP contribution in [0.1, 0.15) is 30.4 Å². The number of nitrogens with one attached hydrogen (secondary N) is 2. The zero-order valence-electron chi connectivity index (χ0n) is 13.2. The number of benzene rings is 1. The molecule has 1 aromatic rings. The summed E-state index contributed by atoms with van der Waals surface area (Å²) in [4.78, 5) is 4.38. The van der Waals surface area contributed by atoms with E-state index in [0.717, 1.165) is 18.9 Å². The zero-order chi connectivity index (χ0) is 14.9. The van der Waals surface area contributed by atoms with Crippen LogP contribution in [0.25, 0.3) is 0 Å². The number of fused-ring (bicyclic) bond motifs is 3. The lowest BCUT2D eigenvalue weighted by Crippen LogP contribution is -2.48. The lowest BCUT2D eigenvalue weighted by atomic mass is 9.96. The van der Waals surface area contributed by atoms with Gasteiger partial charge >= 0.3 is 0 Å². The summed E-state index contributed by atoms with van der Waals surface area (Å²) in [6.45, 7) is 0.982. The maximum atomic E-state index is 5.91. The molecule has 22 heavy (non-hydrogen) atoms. The summed E-state index contributed by atoms with van der Waals surface area (Å²) in [5.74, 6) is 1.60. The molecule has 118 valence electrons. The SMILES string of the molecule is CN=C(NCC1Cc2ccccc2C1)NC1CC2CCC1O2. The molecule has 3 unspecified atom stereocenters. The van der Waals surface area contributed by atoms with Crippen molar-refractivity contribution in [1.29, 1.82) is 0 Å². The minimum Gasteiger partial charge on any atom is -0.373 e. The minimum absolute atomic E-state index is 0.388. The maximum Gasteiger partial charge on any atom is 0.191 e. The number of hydrogen-bond acceptors (Lipinski definition) is 2. The summed E-state index contributed by atoms with van der Waals surface area (Å²) in [6, 6.07) is 9.24. The Kier molecular flexibility index (Phi) is 3.78. The van der Waals surface area contributed by atoms with Gasteiger partial charge in [0.15, 0.2) is 5.96 Å². The predicted octanol–water partition coefficient (Wildman–Crippen LogP) is 1.89. The van der Waals surface area contributed by atoms with E-state index in [0.29, 0.717) is 24.2 Å². The Bertz CT molecular complexity index is 546. The topological polar surface area (TPSA) is 45.7 Å². The maximum absolute atomic E-state index is 5.91. The number of rotatable bonds is 3. The van der Waals surface area contributed by atoms with Gasteiger partial charge in [-0.3, -0.25) is 4.99 Å². The summed E-state index contributed by atoms with van der Waals surface area (Å²) in [7, 11) is 1.85. The quantitative estimate of drug-likeness (QED) is 0.662. The molecule has 2 saturated heterocycles. The summed E-state index contributed by atoms with van der Waals surface area (Å²) < 4.78 is 5.91. The van der Waals surface area contributed by atoms with E-state index in [1.54, 1.807) is 0 Å². The van der Waals surface area contributed by atoms with Crippen molar-refractivity contribution in [2.45, 2.75) is 50.4 Å². The highest BCUT2D eigenvalue weighted by atomic mass is 16.5. The van der Waals surface area contributed by atoms with Gasteiger partial charge in [-0.15, -0.1) is 0 Å². The third-order valence-corrected chi connectivity index (χ3v) is 5.35. The Balaban J connectivity index is 1.28. The van der Waals surface area contributed by atoms with Crippen molar-refractivity contribution in [3.05, 3.63) is 35.4 Å². The van der Waals surface area contributed by atoms with Crippen molar-refractivity contribution in [3.8, 4) is 0 Å². The van der Waals surface area contributed by atoms with Gasteiger partial charge in [0.2, 0.25) is 0 Å². The van der Waals surface area contributed by atoms with Crippen LogP contribution in [0.3, 0.4) is 0 Å². The van der Waals surface area contributed by atoms with Crippen molar-refractivity contribution < 1.29 is 4.74 Å². The molecule has 4 rings (SSSR count). The van der Waals surface area contributed by atoms with Gasteiger partial charge in [-0.25, -0.2) is 0 Å². The first-order chi connectivity index (χ1) is 10.8. The number of nitrogens with zero attached hydrogens (tertiary/aromatic N) is 1. The fourth-order valence-corrected chi connectivity index (χ4v) is 4.20. The predicted molar refractivity (Wildman–Crippen MR) is 88.1 cm³/mol. The van der Waals surface area contributed by atoms with Crippen LogP contribution in [0.15, 0.2) is 29.3 Å². The van der Waals surface area contributed by atoms with Crippen molar-refractivity contribution >= 4 is 5.96 Å². The van der Waals surface area contributed by atoms with E-state index in [1.807, 2.05) is 7.05 Å². The summed E-state index contributed by atoms with van der Waals surface area (Å²) >= 11 is 0. The molecule has 4 nitrogen and oxygen atoms in total. The third-order valence-electron chi connectivity index (χ3n) is 5.35. The van der Waals surface area contributed by atoms with E-state index < -0.39 is 0 Å². The Morgan fingerprint density at radius 1 is 1.23 bits per heavy atom. The fraction of sp³-hybridized carbons (Fsp3) is 0.611. The van der Waals surface area contributed by atoms with Gasteiger partial charge in [-0.1, -0.05) is 24.3 Å². The van der Waals surface area contributed by atoms with Crippen molar-refractivity contribution in [2.24, 2.45) is 10.9 Å². The Morgan fingerprint density at radius 3 is 2.59 bits per heavy atom. The van der Waals surface area contributed by atoms with E-state index in [1.165, 1.54) is 36.8 Å². The molecule has 1 aromatic carbocycles. The molecule has 2 fully saturated rings. The third kappa shape index (κ3) is 2.72. The smallest absolute Gasteiger partial charge is 0.191 e. The first-order valence-electron chi connectivity index (χ1n) is 8.51. The normalized spacial score (nSPS) is 30.6. The molecule has 2 N–H and O–H groups in total. The Labute approximate surface area is 132 Å². The minimum atomic E-state index is 0.388. The molecule has 2 bridgehead atoms. The number of ether oxygens (including phenoxy) is 1. The molecule has 3 aliphatic rings. The molecular formula is C18H25N3O. The number of hydrogen-bond donors (Lipinski definition) is 2. The standard InChI is InChI=1S/C18H25N3O/c1-19-18(21-16-10-15-6-7-17(16)22-15)20-11-12-8-13-4-2-3-5-14(13)9-12/h2-5,12,15-17H,6-11H2,1H3,(H2,19,20,21). The van der Waals surface area contributed by atoms with Crippen LogP contribution in [0, 0.1) is 5.92 Å². The molecule has 0 aromatic heterocycles. The summed E-state index contributed by atoms with van der Waals surface area (Å²) in [6.07, 6.45) is 6.77. The number of guanidine groups is 1.